The Balaban J connectivity index is 4.44. The molecule has 0 aromatic heterocycles. The average molecular weight is 228 g/mol. The van der Waals surface area contributed by atoms with E-state index < -0.39 is 11.4 Å². The fourth-order valence-electron chi connectivity index (χ4n) is 2.40. The van der Waals surface area contributed by atoms with Crippen molar-refractivity contribution in [3.8, 4) is 0 Å². The second-order valence-electron chi connectivity index (χ2n) is 4.90. The average Bonchev–Trinajstić information content (AvgIpc) is 2.26. The quantitative estimate of drug-likeness (QED) is 0.554. The minimum atomic E-state index is -0.570. The molecule has 1 unspecified atom stereocenters. The van der Waals surface area contributed by atoms with E-state index in [0.29, 0.717) is 0 Å². The van der Waals surface area contributed by atoms with E-state index in [1.54, 1.807) is 0 Å². The van der Waals surface area contributed by atoms with Crippen molar-refractivity contribution in [3.05, 3.63) is 0 Å². The van der Waals surface area contributed by atoms with E-state index >= 15 is 0 Å². The first-order chi connectivity index (χ1) is 7.63. The Kier molecular flexibility index (Phi) is 8.32. The van der Waals surface area contributed by atoms with Crippen LogP contribution in [0.5, 0.6) is 0 Å². The highest BCUT2D eigenvalue weighted by Gasteiger charge is 2.35. The molecule has 0 aromatic carbocycles. The molecule has 96 valence electrons. The zero-order valence-corrected chi connectivity index (χ0v) is 11.2. The van der Waals surface area contributed by atoms with Crippen LogP contribution in [0, 0.1) is 5.41 Å². The number of carboxylic acid groups (broad SMARTS) is 1. The van der Waals surface area contributed by atoms with Gasteiger partial charge in [0.25, 0.3) is 0 Å². The molecular weight excluding hydrogens is 200 g/mol. The van der Waals surface area contributed by atoms with Crippen molar-refractivity contribution in [3.63, 3.8) is 0 Å². The van der Waals surface area contributed by atoms with Crippen LogP contribution in [0.4, 0.5) is 0 Å². The predicted molar refractivity (Wildman–Crippen MR) is 68.6 cm³/mol. The summed E-state index contributed by atoms with van der Waals surface area (Å²) in [7, 11) is 0. The lowest BCUT2D eigenvalue weighted by Crippen LogP contribution is -2.31. The fraction of sp³-hybridized carbons (Fsp3) is 0.929. The van der Waals surface area contributed by atoms with Gasteiger partial charge in [-0.15, -0.1) is 0 Å². The van der Waals surface area contributed by atoms with Crippen molar-refractivity contribution in [2.24, 2.45) is 5.41 Å². The van der Waals surface area contributed by atoms with E-state index in [4.69, 9.17) is 0 Å². The highest BCUT2D eigenvalue weighted by atomic mass is 16.4. The van der Waals surface area contributed by atoms with Gasteiger partial charge in [-0.25, -0.2) is 0 Å². The van der Waals surface area contributed by atoms with Gasteiger partial charge in [0.15, 0.2) is 0 Å². The van der Waals surface area contributed by atoms with Crippen LogP contribution >= 0.6 is 0 Å². The minimum absolute atomic E-state index is 0.431. The SMILES string of the molecule is CCCCCC(CCC)(CCCC)C(=O)O. The summed E-state index contributed by atoms with van der Waals surface area (Å²) in [5.74, 6) is -0.570. The molecule has 16 heavy (non-hydrogen) atoms. The monoisotopic (exact) mass is 228 g/mol. The molecule has 0 heterocycles. The second kappa shape index (κ2) is 8.60. The second-order valence-corrected chi connectivity index (χ2v) is 4.90. The van der Waals surface area contributed by atoms with Gasteiger partial charge in [0.2, 0.25) is 0 Å². The summed E-state index contributed by atoms with van der Waals surface area (Å²) in [6.45, 7) is 6.38. The number of carboxylic acids is 1. The summed E-state index contributed by atoms with van der Waals surface area (Å²) in [6, 6.07) is 0. The van der Waals surface area contributed by atoms with E-state index in [1.807, 2.05) is 0 Å². The molecule has 1 atom stereocenters. The Bertz CT molecular complexity index is 189. The van der Waals surface area contributed by atoms with E-state index in [1.165, 1.54) is 0 Å². The Labute approximate surface area is 100 Å². The molecule has 0 radical (unpaired) electrons. The first-order valence-corrected chi connectivity index (χ1v) is 6.86. The molecule has 0 aromatic rings. The molecule has 2 heteroatoms. The van der Waals surface area contributed by atoms with Crippen molar-refractivity contribution >= 4 is 5.97 Å². The zero-order valence-electron chi connectivity index (χ0n) is 11.2. The van der Waals surface area contributed by atoms with Crippen LogP contribution in [-0.4, -0.2) is 11.1 Å². The third-order valence-corrected chi connectivity index (χ3v) is 3.45. The Morgan fingerprint density at radius 2 is 1.44 bits per heavy atom. The Morgan fingerprint density at radius 3 is 1.88 bits per heavy atom. The summed E-state index contributed by atoms with van der Waals surface area (Å²) in [6.07, 6.45) is 9.05. The van der Waals surface area contributed by atoms with Gasteiger partial charge in [-0.3, -0.25) is 4.79 Å². The van der Waals surface area contributed by atoms with Gasteiger partial charge in [-0.05, 0) is 19.3 Å². The number of carbonyl (C=O) groups is 1. The summed E-state index contributed by atoms with van der Waals surface area (Å²) in [5, 5.41) is 9.48. The van der Waals surface area contributed by atoms with Gasteiger partial charge in [0.05, 0.1) is 5.41 Å². The van der Waals surface area contributed by atoms with Crippen molar-refractivity contribution in [1.29, 1.82) is 0 Å². The fourth-order valence-corrected chi connectivity index (χ4v) is 2.40. The highest BCUT2D eigenvalue weighted by Crippen LogP contribution is 2.36. The van der Waals surface area contributed by atoms with Gasteiger partial charge >= 0.3 is 5.97 Å². The molecular formula is C14H28O2. The zero-order chi connectivity index (χ0) is 12.4. The predicted octanol–water partition coefficient (Wildman–Crippen LogP) is 4.63. The molecule has 0 amide bonds. The molecule has 2 nitrogen and oxygen atoms in total. The summed E-state index contributed by atoms with van der Waals surface area (Å²) < 4.78 is 0. The van der Waals surface area contributed by atoms with E-state index in [2.05, 4.69) is 20.8 Å². The van der Waals surface area contributed by atoms with Crippen LogP contribution in [0.15, 0.2) is 0 Å². The first kappa shape index (κ1) is 15.5. The molecule has 0 aliphatic heterocycles. The van der Waals surface area contributed by atoms with Crippen molar-refractivity contribution in [2.45, 2.75) is 78.6 Å². The lowest BCUT2D eigenvalue weighted by molar-refractivity contribution is -0.150. The normalized spacial score (nSPS) is 14.7. The molecule has 0 saturated carbocycles. The van der Waals surface area contributed by atoms with E-state index in [-0.39, 0.29) is 0 Å². The molecule has 1 N–H and O–H groups in total. The number of hydrogen-bond acceptors (Lipinski definition) is 1. The van der Waals surface area contributed by atoms with Gasteiger partial charge in [-0.1, -0.05) is 59.3 Å². The van der Waals surface area contributed by atoms with Crippen molar-refractivity contribution < 1.29 is 9.90 Å². The highest BCUT2D eigenvalue weighted by molar-refractivity contribution is 5.74. The maximum absolute atomic E-state index is 11.5. The summed E-state index contributed by atoms with van der Waals surface area (Å²) in [5.41, 5.74) is -0.431. The van der Waals surface area contributed by atoms with Crippen LogP contribution < -0.4 is 0 Å². The number of hydrogen-bond donors (Lipinski definition) is 1. The number of unbranched alkanes of at least 4 members (excludes halogenated alkanes) is 3. The van der Waals surface area contributed by atoms with Crippen molar-refractivity contribution in [1.82, 2.24) is 0 Å². The van der Waals surface area contributed by atoms with E-state index in [0.717, 1.165) is 57.8 Å². The van der Waals surface area contributed by atoms with Crippen LogP contribution in [-0.2, 0) is 4.79 Å². The van der Waals surface area contributed by atoms with Gasteiger partial charge in [0, 0.05) is 0 Å². The molecule has 0 aliphatic rings. The first-order valence-electron chi connectivity index (χ1n) is 6.86. The third-order valence-electron chi connectivity index (χ3n) is 3.45. The van der Waals surface area contributed by atoms with Crippen LogP contribution in [0.1, 0.15) is 78.6 Å². The standard InChI is InChI=1S/C14H28O2/c1-4-7-9-12-14(10-6-3,13(15)16)11-8-5-2/h4-12H2,1-3H3,(H,15,16). The maximum atomic E-state index is 11.5. The van der Waals surface area contributed by atoms with Gasteiger partial charge < -0.3 is 5.11 Å². The Hall–Kier alpha value is -0.530. The maximum Gasteiger partial charge on any atom is 0.309 e. The lowest BCUT2D eigenvalue weighted by Gasteiger charge is -2.29. The minimum Gasteiger partial charge on any atom is -0.481 e. The topological polar surface area (TPSA) is 37.3 Å². The summed E-state index contributed by atoms with van der Waals surface area (Å²) >= 11 is 0. The Morgan fingerprint density at radius 1 is 0.875 bits per heavy atom. The molecule has 0 rings (SSSR count). The van der Waals surface area contributed by atoms with Crippen LogP contribution in [0.3, 0.4) is 0 Å². The van der Waals surface area contributed by atoms with Crippen LogP contribution in [0.25, 0.3) is 0 Å². The van der Waals surface area contributed by atoms with Gasteiger partial charge in [0.1, 0.15) is 0 Å². The molecule has 0 spiro atoms. The smallest absolute Gasteiger partial charge is 0.309 e. The lowest BCUT2D eigenvalue weighted by atomic mass is 9.75. The molecule has 0 saturated heterocycles. The third kappa shape index (κ3) is 5.00. The summed E-state index contributed by atoms with van der Waals surface area (Å²) in [4.78, 5) is 11.5. The number of rotatable bonds is 10. The molecule has 0 bridgehead atoms. The largest absolute Gasteiger partial charge is 0.481 e. The van der Waals surface area contributed by atoms with Crippen LogP contribution in [0.2, 0.25) is 0 Å². The van der Waals surface area contributed by atoms with Crippen molar-refractivity contribution in [2.75, 3.05) is 0 Å². The van der Waals surface area contributed by atoms with Gasteiger partial charge in [-0.2, -0.15) is 0 Å². The van der Waals surface area contributed by atoms with E-state index in [9.17, 15) is 9.90 Å². The molecule has 0 fully saturated rings. The number of aliphatic carboxylic acids is 1. The molecule has 0 aliphatic carbocycles.